The lowest BCUT2D eigenvalue weighted by atomic mass is 9.81. The van der Waals surface area contributed by atoms with Crippen molar-refractivity contribution < 1.29 is 14.3 Å². The van der Waals surface area contributed by atoms with Gasteiger partial charge < -0.3 is 4.74 Å². The normalized spacial score (nSPS) is 40.6. The first-order chi connectivity index (χ1) is 7.74. The lowest BCUT2D eigenvalue weighted by Crippen LogP contribution is -2.34. The van der Waals surface area contributed by atoms with Gasteiger partial charge in [0.2, 0.25) is 11.8 Å². The van der Waals surface area contributed by atoms with Crippen LogP contribution in [0.4, 0.5) is 0 Å². The molecule has 4 heteroatoms. The van der Waals surface area contributed by atoms with E-state index in [1.165, 1.54) is 4.90 Å². The third kappa shape index (κ3) is 1.13. The molecule has 3 aliphatic heterocycles. The summed E-state index contributed by atoms with van der Waals surface area (Å²) < 4.78 is 5.64. The summed E-state index contributed by atoms with van der Waals surface area (Å²) in [5, 5.41) is 0. The van der Waals surface area contributed by atoms with Gasteiger partial charge in [-0.25, -0.2) is 0 Å². The number of ether oxygens (including phenoxy) is 1. The second kappa shape index (κ2) is 3.42. The van der Waals surface area contributed by atoms with Crippen molar-refractivity contribution in [3.05, 3.63) is 12.7 Å². The van der Waals surface area contributed by atoms with E-state index < -0.39 is 0 Å². The Morgan fingerprint density at radius 3 is 2.31 bits per heavy atom. The molecule has 3 saturated heterocycles. The highest BCUT2D eigenvalue weighted by atomic mass is 16.5. The van der Waals surface area contributed by atoms with Gasteiger partial charge in [-0.05, 0) is 19.3 Å². The summed E-state index contributed by atoms with van der Waals surface area (Å²) in [5.41, 5.74) is 0. The molecule has 0 aliphatic carbocycles. The summed E-state index contributed by atoms with van der Waals surface area (Å²) >= 11 is 0. The van der Waals surface area contributed by atoms with E-state index in [2.05, 4.69) is 6.58 Å². The minimum Gasteiger partial charge on any atom is -0.373 e. The zero-order chi connectivity index (χ0) is 11.3. The molecule has 0 radical (unpaired) electrons. The topological polar surface area (TPSA) is 46.6 Å². The van der Waals surface area contributed by atoms with Crippen LogP contribution in [0.1, 0.15) is 19.3 Å². The van der Waals surface area contributed by atoms with Crippen LogP contribution in [0.15, 0.2) is 12.7 Å². The highest BCUT2D eigenvalue weighted by molar-refractivity contribution is 6.06. The Hall–Kier alpha value is -1.16. The molecule has 2 unspecified atom stereocenters. The summed E-state index contributed by atoms with van der Waals surface area (Å²) in [6, 6.07) is 0. The van der Waals surface area contributed by atoms with Crippen molar-refractivity contribution in [2.45, 2.75) is 31.5 Å². The zero-order valence-electron chi connectivity index (χ0n) is 9.09. The molecule has 2 bridgehead atoms. The molecule has 4 nitrogen and oxygen atoms in total. The highest BCUT2D eigenvalue weighted by Crippen LogP contribution is 2.48. The van der Waals surface area contributed by atoms with Gasteiger partial charge in [0.15, 0.2) is 0 Å². The number of rotatable bonds is 3. The second-order valence-corrected chi connectivity index (χ2v) is 4.75. The number of amides is 2. The van der Waals surface area contributed by atoms with Gasteiger partial charge in [0.25, 0.3) is 0 Å². The maximum Gasteiger partial charge on any atom is 0.235 e. The Bertz CT molecular complexity index is 337. The van der Waals surface area contributed by atoms with Crippen LogP contribution in [-0.4, -0.2) is 35.5 Å². The number of hydrogen-bond donors (Lipinski definition) is 0. The van der Waals surface area contributed by atoms with Crippen molar-refractivity contribution in [1.29, 1.82) is 0 Å². The molecular formula is C12H15NO3. The van der Waals surface area contributed by atoms with Crippen LogP contribution < -0.4 is 0 Å². The molecule has 0 aromatic heterocycles. The van der Waals surface area contributed by atoms with E-state index in [1.54, 1.807) is 6.08 Å². The van der Waals surface area contributed by atoms with E-state index in [4.69, 9.17) is 4.74 Å². The molecule has 0 N–H and O–H groups in total. The van der Waals surface area contributed by atoms with Crippen LogP contribution in [-0.2, 0) is 14.3 Å². The maximum absolute atomic E-state index is 12.1. The van der Waals surface area contributed by atoms with Gasteiger partial charge in [-0.15, -0.1) is 6.58 Å². The first kappa shape index (κ1) is 10.0. The smallest absolute Gasteiger partial charge is 0.235 e. The van der Waals surface area contributed by atoms with Crippen molar-refractivity contribution in [3.8, 4) is 0 Å². The Morgan fingerprint density at radius 2 is 1.81 bits per heavy atom. The molecular weight excluding hydrogens is 206 g/mol. The van der Waals surface area contributed by atoms with Crippen LogP contribution in [0.2, 0.25) is 0 Å². The van der Waals surface area contributed by atoms with Crippen molar-refractivity contribution in [2.24, 2.45) is 11.8 Å². The Morgan fingerprint density at radius 1 is 1.25 bits per heavy atom. The molecule has 4 atom stereocenters. The average molecular weight is 221 g/mol. The molecule has 3 fully saturated rings. The minimum absolute atomic E-state index is 0.000168. The van der Waals surface area contributed by atoms with Crippen molar-refractivity contribution in [1.82, 2.24) is 4.90 Å². The van der Waals surface area contributed by atoms with Crippen LogP contribution in [0.25, 0.3) is 0 Å². The second-order valence-electron chi connectivity index (χ2n) is 4.75. The molecule has 0 saturated carbocycles. The average Bonchev–Trinajstić information content (AvgIpc) is 2.92. The molecule has 3 rings (SSSR count). The van der Waals surface area contributed by atoms with Gasteiger partial charge in [0, 0.05) is 6.54 Å². The standard InChI is InChI=1S/C12H15NO3/c1-2-3-6-13-11(14)9-7-4-5-8(16-7)10(9)12(13)15/h2,7-10H,1,3-6H2/t7-,8-,9?,10?/m1/s1. The zero-order valence-corrected chi connectivity index (χ0v) is 9.09. The van der Waals surface area contributed by atoms with E-state index >= 15 is 0 Å². The maximum atomic E-state index is 12.1. The Balaban J connectivity index is 1.83. The minimum atomic E-state index is -0.184. The number of nitrogens with zero attached hydrogens (tertiary/aromatic N) is 1. The van der Waals surface area contributed by atoms with Gasteiger partial charge in [-0.3, -0.25) is 14.5 Å². The number of hydrogen-bond acceptors (Lipinski definition) is 3. The largest absolute Gasteiger partial charge is 0.373 e. The van der Waals surface area contributed by atoms with Gasteiger partial charge >= 0.3 is 0 Å². The molecule has 3 heterocycles. The molecule has 0 aromatic carbocycles. The Kier molecular flexibility index (Phi) is 2.14. The first-order valence-electron chi connectivity index (χ1n) is 5.85. The van der Waals surface area contributed by atoms with Crippen LogP contribution in [0.3, 0.4) is 0 Å². The summed E-state index contributed by atoms with van der Waals surface area (Å²) in [4.78, 5) is 25.6. The number of carbonyl (C=O) groups excluding carboxylic acids is 2. The van der Waals surface area contributed by atoms with E-state index in [1.807, 2.05) is 0 Å². The number of imide groups is 1. The summed E-state index contributed by atoms with van der Waals surface area (Å²) in [5.74, 6) is -0.416. The molecule has 3 aliphatic rings. The lowest BCUT2D eigenvalue weighted by Gasteiger charge is -2.16. The molecule has 16 heavy (non-hydrogen) atoms. The predicted molar refractivity (Wildman–Crippen MR) is 56.4 cm³/mol. The summed E-state index contributed by atoms with van der Waals surface area (Å²) in [7, 11) is 0. The van der Waals surface area contributed by atoms with Crippen molar-refractivity contribution in [3.63, 3.8) is 0 Å². The molecule has 0 aromatic rings. The summed E-state index contributed by atoms with van der Waals surface area (Å²) in [6.45, 7) is 4.09. The van der Waals surface area contributed by atoms with Crippen LogP contribution >= 0.6 is 0 Å². The summed E-state index contributed by atoms with van der Waals surface area (Å²) in [6.07, 6.45) is 4.27. The van der Waals surface area contributed by atoms with E-state index in [-0.39, 0.29) is 35.9 Å². The van der Waals surface area contributed by atoms with Gasteiger partial charge in [0.05, 0.1) is 24.0 Å². The van der Waals surface area contributed by atoms with E-state index in [9.17, 15) is 9.59 Å². The van der Waals surface area contributed by atoms with Gasteiger partial charge in [-0.1, -0.05) is 6.08 Å². The molecule has 86 valence electrons. The fourth-order valence-electron chi connectivity index (χ4n) is 3.21. The molecule has 2 amide bonds. The van der Waals surface area contributed by atoms with Crippen molar-refractivity contribution >= 4 is 11.8 Å². The monoisotopic (exact) mass is 221 g/mol. The first-order valence-corrected chi connectivity index (χ1v) is 5.85. The van der Waals surface area contributed by atoms with E-state index in [0.717, 1.165) is 12.8 Å². The fourth-order valence-corrected chi connectivity index (χ4v) is 3.21. The lowest BCUT2D eigenvalue weighted by molar-refractivity contribution is -0.142. The Labute approximate surface area is 94.2 Å². The predicted octanol–water partition coefficient (Wildman–Crippen LogP) is 0.725. The quantitative estimate of drug-likeness (QED) is 0.521. The van der Waals surface area contributed by atoms with Crippen molar-refractivity contribution in [2.75, 3.05) is 6.54 Å². The fraction of sp³-hybridized carbons (Fsp3) is 0.667. The van der Waals surface area contributed by atoms with E-state index in [0.29, 0.717) is 13.0 Å². The van der Waals surface area contributed by atoms with Gasteiger partial charge in [-0.2, -0.15) is 0 Å². The number of fused-ring (bicyclic) bond motifs is 5. The highest BCUT2D eigenvalue weighted by Gasteiger charge is 2.61. The SMILES string of the molecule is C=CCCN1C(=O)C2C(C1=O)[C@H]1CC[C@H]2O1. The number of carbonyl (C=O) groups is 2. The third-order valence-corrected chi connectivity index (χ3v) is 3.93. The van der Waals surface area contributed by atoms with Crippen LogP contribution in [0, 0.1) is 11.8 Å². The third-order valence-electron chi connectivity index (χ3n) is 3.93. The number of likely N-dealkylation sites (tertiary alicyclic amines) is 1. The van der Waals surface area contributed by atoms with Crippen LogP contribution in [0.5, 0.6) is 0 Å². The van der Waals surface area contributed by atoms with Gasteiger partial charge in [0.1, 0.15) is 0 Å². The molecule has 0 spiro atoms.